The Morgan fingerprint density at radius 1 is 0.969 bits per heavy atom. The van der Waals surface area contributed by atoms with Crippen LogP contribution in [0.2, 0.25) is 4.34 Å². The molecule has 5 amide bonds. The van der Waals surface area contributed by atoms with E-state index in [0.29, 0.717) is 9.21 Å². The molecule has 0 bridgehead atoms. The summed E-state index contributed by atoms with van der Waals surface area (Å²) in [4.78, 5) is 50.8. The molecular formula is C22H17ClN4O4S. The standard InChI is InChI=1S/C22H17ClN4O4S/c23-17-9-8-16(32-17)19(28)26-15-3-1-2-14-18(15)21(30)27(20(14)29)11-13-6-4-12(5-7-13)10-25-22(24)31/h1-9H,10-11H2,(H,26,28)(H3,24,25,31). The fraction of sp³-hybridized carbons (Fsp3) is 0.0909. The van der Waals surface area contributed by atoms with Crippen molar-refractivity contribution in [1.82, 2.24) is 10.2 Å². The molecule has 1 aliphatic heterocycles. The van der Waals surface area contributed by atoms with Crippen LogP contribution >= 0.6 is 22.9 Å². The van der Waals surface area contributed by atoms with Gasteiger partial charge in [0, 0.05) is 6.54 Å². The number of anilines is 1. The SMILES string of the molecule is NC(=O)NCc1ccc(CN2C(=O)c3cccc(NC(=O)c4ccc(Cl)s4)c3C2=O)cc1. The molecule has 4 rings (SSSR count). The first-order valence-corrected chi connectivity index (χ1v) is 10.7. The Balaban J connectivity index is 1.52. The Morgan fingerprint density at radius 2 is 1.69 bits per heavy atom. The first-order chi connectivity index (χ1) is 15.3. The summed E-state index contributed by atoms with van der Waals surface area (Å²) in [6.07, 6.45) is 0. The van der Waals surface area contributed by atoms with Crippen LogP contribution in [0.4, 0.5) is 10.5 Å². The minimum atomic E-state index is -0.620. The number of carbonyl (C=O) groups is 4. The first kappa shape index (κ1) is 21.5. The van der Waals surface area contributed by atoms with Crippen LogP contribution in [0.15, 0.2) is 54.6 Å². The molecular weight excluding hydrogens is 452 g/mol. The van der Waals surface area contributed by atoms with Gasteiger partial charge in [-0.15, -0.1) is 11.3 Å². The predicted octanol–water partition coefficient (Wildman–Crippen LogP) is 3.62. The average molecular weight is 469 g/mol. The fourth-order valence-electron chi connectivity index (χ4n) is 3.34. The summed E-state index contributed by atoms with van der Waals surface area (Å²) >= 11 is 7.01. The monoisotopic (exact) mass is 468 g/mol. The van der Waals surface area contributed by atoms with Crippen molar-refractivity contribution < 1.29 is 19.2 Å². The highest BCUT2D eigenvalue weighted by molar-refractivity contribution is 7.18. The fourth-order valence-corrected chi connectivity index (χ4v) is 4.27. The van der Waals surface area contributed by atoms with Gasteiger partial charge in [-0.25, -0.2) is 4.79 Å². The molecule has 0 unspecified atom stereocenters. The van der Waals surface area contributed by atoms with E-state index >= 15 is 0 Å². The number of thiophene rings is 1. The average Bonchev–Trinajstić information content (AvgIpc) is 3.31. The van der Waals surface area contributed by atoms with Crippen LogP contribution in [0.25, 0.3) is 0 Å². The van der Waals surface area contributed by atoms with Crippen LogP contribution in [0.1, 0.15) is 41.5 Å². The first-order valence-electron chi connectivity index (χ1n) is 9.50. The number of fused-ring (bicyclic) bond motifs is 1. The highest BCUT2D eigenvalue weighted by Crippen LogP contribution is 2.31. The number of nitrogens with one attached hydrogen (secondary N) is 2. The van der Waals surface area contributed by atoms with Crippen LogP contribution in [0, 0.1) is 0 Å². The van der Waals surface area contributed by atoms with E-state index < -0.39 is 23.8 Å². The number of halogens is 1. The van der Waals surface area contributed by atoms with Crippen molar-refractivity contribution in [2.45, 2.75) is 13.1 Å². The van der Waals surface area contributed by atoms with E-state index in [9.17, 15) is 19.2 Å². The minimum Gasteiger partial charge on any atom is -0.352 e. The number of hydrogen-bond donors (Lipinski definition) is 3. The maximum absolute atomic E-state index is 13.1. The van der Waals surface area contributed by atoms with Gasteiger partial charge in [0.05, 0.1) is 32.6 Å². The maximum atomic E-state index is 13.1. The van der Waals surface area contributed by atoms with E-state index in [1.165, 1.54) is 0 Å². The van der Waals surface area contributed by atoms with Crippen molar-refractivity contribution in [2.24, 2.45) is 5.73 Å². The van der Waals surface area contributed by atoms with Gasteiger partial charge in [0.2, 0.25) is 0 Å². The van der Waals surface area contributed by atoms with Gasteiger partial charge < -0.3 is 16.4 Å². The lowest BCUT2D eigenvalue weighted by molar-refractivity contribution is 0.0642. The highest BCUT2D eigenvalue weighted by atomic mass is 35.5. The van der Waals surface area contributed by atoms with Crippen molar-refractivity contribution in [3.05, 3.63) is 86.1 Å². The second kappa shape index (κ2) is 8.81. The Morgan fingerprint density at radius 3 is 2.34 bits per heavy atom. The third-order valence-corrected chi connectivity index (χ3v) is 6.10. The van der Waals surface area contributed by atoms with Crippen LogP contribution in [-0.2, 0) is 13.1 Å². The van der Waals surface area contributed by atoms with Crippen LogP contribution in [0.5, 0.6) is 0 Å². The number of nitrogens with two attached hydrogens (primary N) is 1. The summed E-state index contributed by atoms with van der Waals surface area (Å²) in [7, 11) is 0. The summed E-state index contributed by atoms with van der Waals surface area (Å²) in [6.45, 7) is 0.352. The Labute approximate surface area is 192 Å². The van der Waals surface area contributed by atoms with Crippen molar-refractivity contribution >= 4 is 52.4 Å². The number of carbonyl (C=O) groups excluding carboxylic acids is 4. The molecule has 2 aromatic carbocycles. The van der Waals surface area contributed by atoms with Gasteiger partial charge >= 0.3 is 6.03 Å². The van der Waals surface area contributed by atoms with Crippen molar-refractivity contribution in [1.29, 1.82) is 0 Å². The normalized spacial score (nSPS) is 12.6. The molecule has 162 valence electrons. The molecule has 0 fully saturated rings. The lowest BCUT2D eigenvalue weighted by Gasteiger charge is -2.14. The van der Waals surface area contributed by atoms with E-state index in [4.69, 9.17) is 17.3 Å². The van der Waals surface area contributed by atoms with Gasteiger partial charge in [-0.2, -0.15) is 0 Å². The maximum Gasteiger partial charge on any atom is 0.312 e. The van der Waals surface area contributed by atoms with E-state index in [1.54, 1.807) is 54.6 Å². The summed E-state index contributed by atoms with van der Waals surface area (Å²) in [6, 6.07) is 14.4. The molecule has 2 heterocycles. The van der Waals surface area contributed by atoms with Crippen LogP contribution < -0.4 is 16.4 Å². The van der Waals surface area contributed by atoms with E-state index in [1.807, 2.05) is 0 Å². The topological polar surface area (TPSA) is 122 Å². The number of benzene rings is 2. The van der Waals surface area contributed by atoms with Gasteiger partial charge in [-0.3, -0.25) is 19.3 Å². The number of hydrogen-bond acceptors (Lipinski definition) is 5. The number of imide groups is 1. The zero-order valence-electron chi connectivity index (χ0n) is 16.6. The smallest absolute Gasteiger partial charge is 0.312 e. The quantitative estimate of drug-likeness (QED) is 0.478. The van der Waals surface area contributed by atoms with Crippen molar-refractivity contribution in [2.75, 3.05) is 5.32 Å². The van der Waals surface area contributed by atoms with E-state index in [2.05, 4.69) is 10.6 Å². The van der Waals surface area contributed by atoms with Gasteiger partial charge in [-0.05, 0) is 35.4 Å². The van der Waals surface area contributed by atoms with Gasteiger partial charge in [0.15, 0.2) is 0 Å². The molecule has 0 saturated heterocycles. The number of primary amides is 1. The molecule has 0 atom stereocenters. The molecule has 10 heteroatoms. The Kier molecular flexibility index (Phi) is 5.93. The summed E-state index contributed by atoms with van der Waals surface area (Å²) in [5, 5.41) is 5.20. The summed E-state index contributed by atoms with van der Waals surface area (Å²) in [5.74, 6) is -1.32. The largest absolute Gasteiger partial charge is 0.352 e. The third-order valence-electron chi connectivity index (χ3n) is 4.87. The summed E-state index contributed by atoms with van der Waals surface area (Å²) < 4.78 is 0.474. The lowest BCUT2D eigenvalue weighted by Crippen LogP contribution is -2.29. The molecule has 8 nitrogen and oxygen atoms in total. The molecule has 0 saturated carbocycles. The predicted molar refractivity (Wildman–Crippen MR) is 121 cm³/mol. The number of nitrogens with zero attached hydrogens (tertiary/aromatic N) is 1. The Bertz CT molecular complexity index is 1240. The van der Waals surface area contributed by atoms with Crippen LogP contribution in [0.3, 0.4) is 0 Å². The molecule has 1 aromatic heterocycles. The zero-order chi connectivity index (χ0) is 22.8. The number of urea groups is 1. The zero-order valence-corrected chi connectivity index (χ0v) is 18.1. The number of amides is 5. The molecule has 1 aliphatic rings. The van der Waals surface area contributed by atoms with E-state index in [0.717, 1.165) is 27.4 Å². The molecule has 3 aromatic rings. The summed E-state index contributed by atoms with van der Waals surface area (Å²) in [5.41, 5.74) is 7.30. The molecule has 32 heavy (non-hydrogen) atoms. The molecule has 4 N–H and O–H groups in total. The third kappa shape index (κ3) is 4.34. The van der Waals surface area contributed by atoms with E-state index in [-0.39, 0.29) is 29.9 Å². The lowest BCUT2D eigenvalue weighted by atomic mass is 10.1. The van der Waals surface area contributed by atoms with Gasteiger partial charge in [-0.1, -0.05) is 41.9 Å². The molecule has 0 radical (unpaired) electrons. The second-order valence-corrected chi connectivity index (χ2v) is 8.73. The minimum absolute atomic E-state index is 0.0732. The molecule has 0 spiro atoms. The Hall–Kier alpha value is -3.69. The number of rotatable bonds is 6. The van der Waals surface area contributed by atoms with Crippen molar-refractivity contribution in [3.63, 3.8) is 0 Å². The van der Waals surface area contributed by atoms with Crippen LogP contribution in [-0.4, -0.2) is 28.7 Å². The second-order valence-electron chi connectivity index (χ2n) is 7.02. The van der Waals surface area contributed by atoms with Crippen molar-refractivity contribution in [3.8, 4) is 0 Å². The van der Waals surface area contributed by atoms with Gasteiger partial charge in [0.25, 0.3) is 17.7 Å². The highest BCUT2D eigenvalue weighted by Gasteiger charge is 2.37. The van der Waals surface area contributed by atoms with Gasteiger partial charge in [0.1, 0.15) is 0 Å². The molecule has 0 aliphatic carbocycles.